The Hall–Kier alpha value is -1.26. The quantitative estimate of drug-likeness (QED) is 0.411. The molecule has 0 aromatic heterocycles. The Morgan fingerprint density at radius 1 is 1.46 bits per heavy atom. The van der Waals surface area contributed by atoms with Gasteiger partial charge in [0.05, 0.1) is 0 Å². The lowest BCUT2D eigenvalue weighted by molar-refractivity contribution is 0.223. The Morgan fingerprint density at radius 2 is 2.00 bits per heavy atom. The van der Waals surface area contributed by atoms with Crippen molar-refractivity contribution < 1.29 is 4.79 Å². The third kappa shape index (κ3) is 2.93. The number of nitrogens with zero attached hydrogens (tertiary/aromatic N) is 1. The summed E-state index contributed by atoms with van der Waals surface area (Å²) in [6.45, 7) is 0. The summed E-state index contributed by atoms with van der Waals surface area (Å²) < 4.78 is 0. The average molecular weight is 200 g/mol. The molecule has 13 heavy (non-hydrogen) atoms. The van der Waals surface area contributed by atoms with Gasteiger partial charge in [0.25, 0.3) is 0 Å². The summed E-state index contributed by atoms with van der Waals surface area (Å²) in [5.74, 6) is 5.21. The molecule has 0 aliphatic heterocycles. The van der Waals surface area contributed by atoms with E-state index in [-0.39, 0.29) is 6.03 Å². The molecule has 0 aliphatic carbocycles. The lowest BCUT2D eigenvalue weighted by atomic mass is 10.3. The second-order valence-electron chi connectivity index (χ2n) is 2.55. The molecule has 0 bridgehead atoms. The number of hydrogen-bond acceptors (Lipinski definition) is 2. The lowest BCUT2D eigenvalue weighted by Crippen LogP contribution is -2.36. The van der Waals surface area contributed by atoms with Crippen molar-refractivity contribution in [2.45, 2.75) is 0 Å². The van der Waals surface area contributed by atoms with Crippen molar-refractivity contribution in [1.29, 1.82) is 0 Å². The number of hydrazine groups is 1. The maximum atomic E-state index is 11.1. The summed E-state index contributed by atoms with van der Waals surface area (Å²) in [5, 5.41) is 4.16. The Labute approximate surface area is 81.2 Å². The second kappa shape index (κ2) is 4.11. The van der Waals surface area contributed by atoms with Crippen molar-refractivity contribution in [3.05, 3.63) is 29.3 Å². The van der Waals surface area contributed by atoms with Crippen molar-refractivity contribution in [1.82, 2.24) is 5.01 Å². The first kappa shape index (κ1) is 9.83. The highest BCUT2D eigenvalue weighted by atomic mass is 35.5. The van der Waals surface area contributed by atoms with Gasteiger partial charge in [0.15, 0.2) is 0 Å². The van der Waals surface area contributed by atoms with E-state index in [1.54, 1.807) is 24.3 Å². The lowest BCUT2D eigenvalue weighted by Gasteiger charge is -2.11. The molecule has 1 aromatic carbocycles. The number of amides is 2. The molecule has 1 rings (SSSR count). The summed E-state index contributed by atoms with van der Waals surface area (Å²) in [5.41, 5.74) is 0.659. The number of nitrogens with two attached hydrogens (primary N) is 1. The van der Waals surface area contributed by atoms with Gasteiger partial charge in [0, 0.05) is 17.8 Å². The Balaban J connectivity index is 2.65. The van der Waals surface area contributed by atoms with Crippen molar-refractivity contribution >= 4 is 23.3 Å². The largest absolute Gasteiger partial charge is 0.335 e. The van der Waals surface area contributed by atoms with Gasteiger partial charge in [-0.1, -0.05) is 11.6 Å². The number of carbonyl (C=O) groups excluding carboxylic acids is 1. The van der Waals surface area contributed by atoms with Crippen LogP contribution in [-0.4, -0.2) is 18.1 Å². The monoisotopic (exact) mass is 199 g/mol. The van der Waals surface area contributed by atoms with Gasteiger partial charge in [0.1, 0.15) is 0 Å². The van der Waals surface area contributed by atoms with Crippen LogP contribution >= 0.6 is 11.6 Å². The fourth-order valence-corrected chi connectivity index (χ4v) is 0.871. The molecule has 1 aromatic rings. The highest BCUT2D eigenvalue weighted by Gasteiger charge is 2.03. The molecule has 0 unspecified atom stereocenters. The van der Waals surface area contributed by atoms with E-state index in [4.69, 9.17) is 17.4 Å². The highest BCUT2D eigenvalue weighted by molar-refractivity contribution is 6.30. The molecule has 0 atom stereocenters. The number of rotatable bonds is 1. The van der Waals surface area contributed by atoms with Crippen LogP contribution in [0.1, 0.15) is 0 Å². The van der Waals surface area contributed by atoms with Gasteiger partial charge >= 0.3 is 6.03 Å². The highest BCUT2D eigenvalue weighted by Crippen LogP contribution is 2.13. The molecule has 0 fully saturated rings. The van der Waals surface area contributed by atoms with E-state index >= 15 is 0 Å². The molecule has 0 saturated carbocycles. The standard InChI is InChI=1S/C8H10ClN3O/c1-12(10)8(13)11-7-4-2-6(9)3-5-7/h2-5H,10H2,1H3,(H,11,13). The number of benzene rings is 1. The zero-order valence-corrected chi connectivity index (χ0v) is 7.88. The molecular weight excluding hydrogens is 190 g/mol. The van der Waals surface area contributed by atoms with Crippen LogP contribution in [0.3, 0.4) is 0 Å². The summed E-state index contributed by atoms with van der Waals surface area (Å²) in [6.07, 6.45) is 0. The average Bonchev–Trinajstić information content (AvgIpc) is 2.08. The minimum Gasteiger partial charge on any atom is -0.307 e. The van der Waals surface area contributed by atoms with Gasteiger partial charge in [-0.15, -0.1) is 0 Å². The van der Waals surface area contributed by atoms with Gasteiger partial charge in [-0.2, -0.15) is 0 Å². The molecule has 0 heterocycles. The first-order valence-corrected chi connectivity index (χ1v) is 4.02. The fourth-order valence-electron chi connectivity index (χ4n) is 0.745. The molecular formula is C8H10ClN3O. The number of anilines is 1. The maximum Gasteiger partial charge on any atom is 0.335 e. The molecule has 0 spiro atoms. The number of carbonyl (C=O) groups is 1. The minimum absolute atomic E-state index is 0.373. The zero-order chi connectivity index (χ0) is 9.84. The number of nitrogens with one attached hydrogen (secondary N) is 1. The summed E-state index contributed by atoms with van der Waals surface area (Å²) >= 11 is 5.66. The van der Waals surface area contributed by atoms with E-state index in [2.05, 4.69) is 5.32 Å². The molecule has 0 saturated heterocycles. The third-order valence-corrected chi connectivity index (χ3v) is 1.67. The van der Waals surface area contributed by atoms with Crippen LogP contribution in [-0.2, 0) is 0 Å². The van der Waals surface area contributed by atoms with E-state index in [9.17, 15) is 4.79 Å². The van der Waals surface area contributed by atoms with Gasteiger partial charge in [0.2, 0.25) is 0 Å². The molecule has 70 valence electrons. The van der Waals surface area contributed by atoms with E-state index in [1.807, 2.05) is 0 Å². The number of urea groups is 1. The first-order chi connectivity index (χ1) is 6.09. The third-order valence-electron chi connectivity index (χ3n) is 1.42. The molecule has 5 heteroatoms. The van der Waals surface area contributed by atoms with Crippen molar-refractivity contribution in [2.24, 2.45) is 5.84 Å². The van der Waals surface area contributed by atoms with Crippen LogP contribution in [0.4, 0.5) is 10.5 Å². The smallest absolute Gasteiger partial charge is 0.307 e. The van der Waals surface area contributed by atoms with E-state index < -0.39 is 0 Å². The van der Waals surface area contributed by atoms with Crippen LogP contribution in [0.25, 0.3) is 0 Å². The predicted octanol–water partition coefficient (Wildman–Crippen LogP) is 1.68. The van der Waals surface area contributed by atoms with Crippen LogP contribution < -0.4 is 11.2 Å². The topological polar surface area (TPSA) is 58.4 Å². The van der Waals surface area contributed by atoms with Crippen LogP contribution in [0.15, 0.2) is 24.3 Å². The molecule has 4 nitrogen and oxygen atoms in total. The van der Waals surface area contributed by atoms with E-state index in [0.717, 1.165) is 5.01 Å². The number of hydrogen-bond donors (Lipinski definition) is 2. The summed E-state index contributed by atoms with van der Waals surface area (Å²) in [6, 6.07) is 6.40. The van der Waals surface area contributed by atoms with Gasteiger partial charge < -0.3 is 5.32 Å². The normalized spacial score (nSPS) is 9.46. The van der Waals surface area contributed by atoms with Gasteiger partial charge in [-0.3, -0.25) is 5.01 Å². The first-order valence-electron chi connectivity index (χ1n) is 3.64. The Kier molecular flexibility index (Phi) is 3.11. The Morgan fingerprint density at radius 3 is 2.46 bits per heavy atom. The van der Waals surface area contributed by atoms with Crippen LogP contribution in [0, 0.1) is 0 Å². The molecule has 0 aliphatic rings. The van der Waals surface area contributed by atoms with Crippen molar-refractivity contribution in [3.8, 4) is 0 Å². The molecule has 3 N–H and O–H groups in total. The van der Waals surface area contributed by atoms with Gasteiger partial charge in [-0.25, -0.2) is 10.6 Å². The van der Waals surface area contributed by atoms with Crippen molar-refractivity contribution in [3.63, 3.8) is 0 Å². The second-order valence-corrected chi connectivity index (χ2v) is 2.98. The molecule has 0 radical (unpaired) electrons. The van der Waals surface area contributed by atoms with E-state index in [1.165, 1.54) is 7.05 Å². The van der Waals surface area contributed by atoms with Crippen molar-refractivity contribution in [2.75, 3.05) is 12.4 Å². The van der Waals surface area contributed by atoms with Gasteiger partial charge in [-0.05, 0) is 24.3 Å². The minimum atomic E-state index is -0.373. The number of halogens is 1. The fraction of sp³-hybridized carbons (Fsp3) is 0.125. The van der Waals surface area contributed by atoms with E-state index in [0.29, 0.717) is 10.7 Å². The molecule has 2 amide bonds. The SMILES string of the molecule is CN(N)C(=O)Nc1ccc(Cl)cc1. The summed E-state index contributed by atoms with van der Waals surface area (Å²) in [7, 11) is 1.46. The Bertz CT molecular complexity index is 297. The predicted molar refractivity (Wildman–Crippen MR) is 52.4 cm³/mol. The summed E-state index contributed by atoms with van der Waals surface area (Å²) in [4.78, 5) is 11.1. The maximum absolute atomic E-state index is 11.1. The van der Waals surface area contributed by atoms with Crippen LogP contribution in [0.2, 0.25) is 5.02 Å². The zero-order valence-electron chi connectivity index (χ0n) is 7.12. The van der Waals surface area contributed by atoms with Crippen LogP contribution in [0.5, 0.6) is 0 Å².